The lowest BCUT2D eigenvalue weighted by Crippen LogP contribution is -2.55. The third kappa shape index (κ3) is 2.22. The SMILES string of the molecule is [2H][C@@H]1CN(C(=O)[C@@](C)(O)C(F)(F)F)C[C@H]1F. The van der Waals surface area contributed by atoms with Gasteiger partial charge in [-0.15, -0.1) is 0 Å². The molecule has 1 aliphatic heterocycles. The first-order valence-electron chi connectivity index (χ1n) is 4.80. The van der Waals surface area contributed by atoms with E-state index in [1.165, 1.54) is 0 Å². The summed E-state index contributed by atoms with van der Waals surface area (Å²) < 4.78 is 56.8. The van der Waals surface area contributed by atoms with Gasteiger partial charge in [-0.25, -0.2) is 4.39 Å². The van der Waals surface area contributed by atoms with E-state index in [1.54, 1.807) is 0 Å². The van der Waals surface area contributed by atoms with E-state index in [-0.39, 0.29) is 0 Å². The molecule has 1 heterocycles. The molecule has 0 aromatic heterocycles. The van der Waals surface area contributed by atoms with Crippen molar-refractivity contribution in [2.75, 3.05) is 13.1 Å². The van der Waals surface area contributed by atoms with E-state index in [1.807, 2.05) is 0 Å². The summed E-state index contributed by atoms with van der Waals surface area (Å²) in [5, 5.41) is 9.05. The number of carbonyl (C=O) groups excluding carboxylic acids is 1. The smallest absolute Gasteiger partial charge is 0.373 e. The van der Waals surface area contributed by atoms with Gasteiger partial charge in [-0.05, 0) is 13.3 Å². The number of hydrogen-bond acceptors (Lipinski definition) is 2. The summed E-state index contributed by atoms with van der Waals surface area (Å²) in [6.45, 7) is -0.703. The molecule has 1 rings (SSSR count). The van der Waals surface area contributed by atoms with Crippen LogP contribution in [0, 0.1) is 0 Å². The number of rotatable bonds is 1. The molecule has 1 N–H and O–H groups in total. The molecule has 0 aromatic rings. The molecule has 3 atom stereocenters. The van der Waals surface area contributed by atoms with Crippen molar-refractivity contribution in [2.45, 2.75) is 31.3 Å². The molecule has 0 saturated carbocycles. The Morgan fingerprint density at radius 3 is 2.47 bits per heavy atom. The zero-order chi connectivity index (χ0) is 12.7. The van der Waals surface area contributed by atoms with Gasteiger partial charge >= 0.3 is 6.18 Å². The molecule has 0 aromatic carbocycles. The van der Waals surface area contributed by atoms with Gasteiger partial charge in [-0.3, -0.25) is 4.79 Å². The number of alkyl halides is 4. The van der Waals surface area contributed by atoms with Crippen LogP contribution in [0.4, 0.5) is 17.6 Å². The van der Waals surface area contributed by atoms with Gasteiger partial charge in [0.2, 0.25) is 5.60 Å². The van der Waals surface area contributed by atoms with Crippen molar-refractivity contribution in [3.8, 4) is 0 Å². The molecule has 0 radical (unpaired) electrons. The summed E-state index contributed by atoms with van der Waals surface area (Å²) in [5.41, 5.74) is -3.53. The first-order valence-corrected chi connectivity index (χ1v) is 4.22. The van der Waals surface area contributed by atoms with Gasteiger partial charge in [0.25, 0.3) is 5.91 Å². The highest BCUT2D eigenvalue weighted by Gasteiger charge is 2.57. The number of halogens is 4. The van der Waals surface area contributed by atoms with Crippen LogP contribution in [0.5, 0.6) is 0 Å². The van der Waals surface area contributed by atoms with Crippen LogP contribution in [0.25, 0.3) is 0 Å². The van der Waals surface area contributed by atoms with E-state index in [0.29, 0.717) is 11.8 Å². The average Bonchev–Trinajstić information content (AvgIpc) is 2.43. The third-order valence-corrected chi connectivity index (χ3v) is 2.23. The van der Waals surface area contributed by atoms with Crippen LogP contribution in [0.1, 0.15) is 14.7 Å². The van der Waals surface area contributed by atoms with Crippen molar-refractivity contribution < 1.29 is 28.8 Å². The molecule has 0 bridgehead atoms. The lowest BCUT2D eigenvalue weighted by Gasteiger charge is -2.29. The average molecular weight is 230 g/mol. The molecule has 88 valence electrons. The van der Waals surface area contributed by atoms with Crippen molar-refractivity contribution >= 4 is 5.91 Å². The summed E-state index contributed by atoms with van der Waals surface area (Å²) in [6, 6.07) is 0. The lowest BCUT2D eigenvalue weighted by atomic mass is 10.1. The Hall–Kier alpha value is -0.850. The Labute approximate surface area is 85.1 Å². The fourth-order valence-corrected chi connectivity index (χ4v) is 1.20. The van der Waals surface area contributed by atoms with Gasteiger partial charge in [0.1, 0.15) is 6.17 Å². The van der Waals surface area contributed by atoms with E-state index in [2.05, 4.69) is 0 Å². The van der Waals surface area contributed by atoms with Crippen molar-refractivity contribution in [1.29, 1.82) is 0 Å². The molecular formula is C8H11F4NO2. The Morgan fingerprint density at radius 1 is 1.60 bits per heavy atom. The lowest BCUT2D eigenvalue weighted by molar-refractivity contribution is -0.249. The maximum Gasteiger partial charge on any atom is 0.426 e. The van der Waals surface area contributed by atoms with Crippen molar-refractivity contribution in [1.82, 2.24) is 4.90 Å². The van der Waals surface area contributed by atoms with E-state index >= 15 is 0 Å². The molecule has 0 spiro atoms. The van der Waals surface area contributed by atoms with Crippen LogP contribution < -0.4 is 0 Å². The maximum absolute atomic E-state index is 12.9. The van der Waals surface area contributed by atoms with E-state index in [9.17, 15) is 22.4 Å². The first-order chi connectivity index (χ1) is 7.07. The van der Waals surface area contributed by atoms with Crippen LogP contribution in [-0.2, 0) is 4.79 Å². The van der Waals surface area contributed by atoms with Gasteiger partial charge in [0.15, 0.2) is 0 Å². The molecule has 0 aliphatic carbocycles. The quantitative estimate of drug-likeness (QED) is 0.679. The topological polar surface area (TPSA) is 40.5 Å². The minimum absolute atomic E-state index is 0.319. The fourth-order valence-electron chi connectivity index (χ4n) is 1.20. The fraction of sp³-hybridized carbons (Fsp3) is 0.875. The second-order valence-corrected chi connectivity index (χ2v) is 3.53. The summed E-state index contributed by atoms with van der Waals surface area (Å²) in [6.07, 6.45) is -8.04. The van der Waals surface area contributed by atoms with Gasteiger partial charge in [0, 0.05) is 7.92 Å². The number of carbonyl (C=O) groups is 1. The monoisotopic (exact) mass is 230 g/mol. The minimum Gasteiger partial charge on any atom is -0.373 e. The highest BCUT2D eigenvalue weighted by Crippen LogP contribution is 2.32. The standard InChI is InChI=1S/C8H11F4NO2/c1-7(15,8(10,11)12)6(14)13-3-2-5(9)4-13/h5,15H,2-4H2,1H3/t5-,7+/m0/s1/i2D/t2-,5+,7-/m1. The summed E-state index contributed by atoms with van der Waals surface area (Å²) in [4.78, 5) is 11.8. The Balaban J connectivity index is 2.80. The van der Waals surface area contributed by atoms with Crippen molar-refractivity contribution in [3.05, 3.63) is 0 Å². The predicted molar refractivity (Wildman–Crippen MR) is 42.8 cm³/mol. The van der Waals surface area contributed by atoms with Gasteiger partial charge < -0.3 is 10.0 Å². The molecule has 15 heavy (non-hydrogen) atoms. The highest BCUT2D eigenvalue weighted by molar-refractivity contribution is 5.85. The van der Waals surface area contributed by atoms with E-state index in [4.69, 9.17) is 6.48 Å². The molecular weight excluding hydrogens is 218 g/mol. The molecule has 1 saturated heterocycles. The molecule has 3 nitrogen and oxygen atoms in total. The Bertz CT molecular complexity index is 284. The number of nitrogens with zero attached hydrogens (tertiary/aromatic N) is 1. The van der Waals surface area contributed by atoms with Crippen LogP contribution in [0.15, 0.2) is 0 Å². The number of hydrogen-bond donors (Lipinski definition) is 1. The molecule has 7 heteroatoms. The number of likely N-dealkylation sites (tertiary alicyclic amines) is 1. The van der Waals surface area contributed by atoms with Crippen LogP contribution >= 0.6 is 0 Å². The Morgan fingerprint density at radius 2 is 2.13 bits per heavy atom. The predicted octanol–water partition coefficient (Wildman–Crippen LogP) is 0.870. The largest absolute Gasteiger partial charge is 0.426 e. The van der Waals surface area contributed by atoms with E-state index < -0.39 is 43.3 Å². The normalized spacial score (nSPS) is 32.4. The summed E-state index contributed by atoms with van der Waals surface area (Å²) in [7, 11) is 0. The van der Waals surface area contributed by atoms with Crippen molar-refractivity contribution in [2.24, 2.45) is 0 Å². The number of aliphatic hydroxyl groups is 1. The summed E-state index contributed by atoms with van der Waals surface area (Å²) >= 11 is 0. The minimum atomic E-state index is -5.12. The molecule has 1 aliphatic rings. The second kappa shape index (κ2) is 3.62. The second-order valence-electron chi connectivity index (χ2n) is 3.53. The van der Waals surface area contributed by atoms with Crippen LogP contribution in [0.3, 0.4) is 0 Å². The van der Waals surface area contributed by atoms with Gasteiger partial charge in [-0.1, -0.05) is 0 Å². The zero-order valence-electron chi connectivity index (χ0n) is 8.88. The van der Waals surface area contributed by atoms with E-state index in [0.717, 1.165) is 0 Å². The Kier molecular flexibility index (Phi) is 2.57. The van der Waals surface area contributed by atoms with Gasteiger partial charge in [-0.2, -0.15) is 13.2 Å². The highest BCUT2D eigenvalue weighted by atomic mass is 19.4. The van der Waals surface area contributed by atoms with Crippen LogP contribution in [0.2, 0.25) is 0 Å². The molecule has 0 unspecified atom stereocenters. The number of amides is 1. The third-order valence-electron chi connectivity index (χ3n) is 2.23. The first kappa shape index (κ1) is 10.7. The molecule has 1 fully saturated rings. The zero-order valence-corrected chi connectivity index (χ0v) is 7.88. The maximum atomic E-state index is 12.9. The van der Waals surface area contributed by atoms with Crippen molar-refractivity contribution in [3.63, 3.8) is 0 Å². The van der Waals surface area contributed by atoms with Crippen LogP contribution in [-0.4, -0.2) is 47.0 Å². The van der Waals surface area contributed by atoms with Gasteiger partial charge in [0.05, 0.1) is 6.54 Å². The summed E-state index contributed by atoms with van der Waals surface area (Å²) in [5.74, 6) is -1.61. The molecule has 1 amide bonds.